The summed E-state index contributed by atoms with van der Waals surface area (Å²) in [6.45, 7) is 6.60. The quantitative estimate of drug-likeness (QED) is 0.493. The molecule has 0 atom stereocenters. The predicted molar refractivity (Wildman–Crippen MR) is 111 cm³/mol. The Hall–Kier alpha value is -2.38. The van der Waals surface area contributed by atoms with Crippen LogP contribution in [0.4, 0.5) is 0 Å². The highest BCUT2D eigenvalue weighted by Gasteiger charge is 2.28. The lowest BCUT2D eigenvalue weighted by atomic mass is 9.95. The number of hydrogen-bond donors (Lipinski definition) is 0. The third-order valence-electron chi connectivity index (χ3n) is 4.81. The highest BCUT2D eigenvalue weighted by atomic mass is 32.2. The van der Waals surface area contributed by atoms with Crippen LogP contribution < -0.4 is 10.3 Å². The van der Waals surface area contributed by atoms with Gasteiger partial charge in [-0.2, -0.15) is 0 Å². The van der Waals surface area contributed by atoms with Gasteiger partial charge < -0.3 is 9.47 Å². The van der Waals surface area contributed by atoms with E-state index in [4.69, 9.17) is 19.4 Å². The van der Waals surface area contributed by atoms with Crippen molar-refractivity contribution < 1.29 is 9.47 Å². The minimum Gasteiger partial charge on any atom is -0.497 e. The van der Waals surface area contributed by atoms with Gasteiger partial charge in [0.1, 0.15) is 5.75 Å². The lowest BCUT2D eigenvalue weighted by Gasteiger charge is -2.31. The van der Waals surface area contributed by atoms with Crippen molar-refractivity contribution in [2.45, 2.75) is 44.6 Å². The number of nitrogens with zero attached hydrogens (tertiary/aromatic N) is 3. The second kappa shape index (κ2) is 7.22. The number of ether oxygens (including phenoxy) is 2. The van der Waals surface area contributed by atoms with E-state index in [1.54, 1.807) is 11.7 Å². The first kappa shape index (κ1) is 19.0. The summed E-state index contributed by atoms with van der Waals surface area (Å²) in [6.07, 6.45) is 0.706. The summed E-state index contributed by atoms with van der Waals surface area (Å²) < 4.78 is 12.8. The van der Waals surface area contributed by atoms with Crippen LogP contribution in [-0.2, 0) is 17.8 Å². The standard InChI is InChI=1S/C21H23N3O3S/c1-5-28-20-23-18-16(10-13-12-27-21(2,3)11-17(13)22-18)19(25)24(20)14-6-8-15(26-4)9-7-14/h6-10H,5,11-12H2,1-4H3. The largest absolute Gasteiger partial charge is 0.497 e. The van der Waals surface area contributed by atoms with E-state index in [9.17, 15) is 4.79 Å². The number of aromatic nitrogens is 3. The molecule has 0 N–H and O–H groups in total. The zero-order valence-corrected chi connectivity index (χ0v) is 17.3. The predicted octanol–water partition coefficient (Wildman–Crippen LogP) is 3.75. The van der Waals surface area contributed by atoms with Gasteiger partial charge in [-0.25, -0.2) is 9.97 Å². The lowest BCUT2D eigenvalue weighted by Crippen LogP contribution is -2.33. The minimum absolute atomic E-state index is 0.119. The molecule has 0 aliphatic carbocycles. The van der Waals surface area contributed by atoms with E-state index in [2.05, 4.69) is 13.8 Å². The maximum absolute atomic E-state index is 13.4. The number of fused-ring (bicyclic) bond motifs is 2. The second-order valence-electron chi connectivity index (χ2n) is 7.36. The minimum atomic E-state index is -0.257. The first-order valence-electron chi connectivity index (χ1n) is 9.28. The molecule has 1 aromatic carbocycles. The number of benzene rings is 1. The molecule has 1 aliphatic rings. The van der Waals surface area contributed by atoms with Gasteiger partial charge in [-0.1, -0.05) is 18.7 Å². The average molecular weight is 398 g/mol. The van der Waals surface area contributed by atoms with Crippen LogP contribution in [0, 0.1) is 0 Å². The van der Waals surface area contributed by atoms with Gasteiger partial charge >= 0.3 is 0 Å². The molecule has 3 aromatic rings. The molecule has 0 spiro atoms. The smallest absolute Gasteiger partial charge is 0.268 e. The van der Waals surface area contributed by atoms with Crippen LogP contribution in [-0.4, -0.2) is 33.0 Å². The Labute approximate surface area is 167 Å². The molecule has 7 heteroatoms. The molecular formula is C21H23N3O3S. The number of rotatable bonds is 4. The van der Waals surface area contributed by atoms with Crippen molar-refractivity contribution in [2.24, 2.45) is 0 Å². The summed E-state index contributed by atoms with van der Waals surface area (Å²) in [5.74, 6) is 1.55. The lowest BCUT2D eigenvalue weighted by molar-refractivity contribution is -0.0411. The summed E-state index contributed by atoms with van der Waals surface area (Å²) in [7, 11) is 1.62. The summed E-state index contributed by atoms with van der Waals surface area (Å²) in [5, 5.41) is 1.15. The zero-order valence-electron chi connectivity index (χ0n) is 16.5. The first-order valence-corrected chi connectivity index (χ1v) is 10.3. The fourth-order valence-electron chi connectivity index (χ4n) is 3.36. The summed E-state index contributed by atoms with van der Waals surface area (Å²) >= 11 is 1.53. The molecule has 0 unspecified atom stereocenters. The van der Waals surface area contributed by atoms with Crippen molar-refractivity contribution in [3.8, 4) is 11.4 Å². The Morgan fingerprint density at radius 1 is 1.25 bits per heavy atom. The van der Waals surface area contributed by atoms with Gasteiger partial charge in [-0.3, -0.25) is 9.36 Å². The maximum atomic E-state index is 13.4. The SMILES string of the molecule is CCSc1nc2nc3c(cc2c(=O)n1-c1ccc(OC)cc1)COC(C)(C)C3. The van der Waals surface area contributed by atoms with E-state index < -0.39 is 0 Å². The monoisotopic (exact) mass is 397 g/mol. The van der Waals surface area contributed by atoms with E-state index >= 15 is 0 Å². The van der Waals surface area contributed by atoms with Crippen molar-refractivity contribution in [3.05, 3.63) is 51.9 Å². The van der Waals surface area contributed by atoms with E-state index in [1.807, 2.05) is 37.3 Å². The molecule has 146 valence electrons. The first-order chi connectivity index (χ1) is 13.4. The second-order valence-corrected chi connectivity index (χ2v) is 8.59. The maximum Gasteiger partial charge on any atom is 0.268 e. The highest BCUT2D eigenvalue weighted by Crippen LogP contribution is 2.29. The van der Waals surface area contributed by atoms with Crippen molar-refractivity contribution in [3.63, 3.8) is 0 Å². The Bertz CT molecular complexity index is 1090. The van der Waals surface area contributed by atoms with Crippen LogP contribution in [0.1, 0.15) is 32.0 Å². The van der Waals surface area contributed by atoms with Gasteiger partial charge in [-0.05, 0) is 49.9 Å². The Morgan fingerprint density at radius 3 is 2.68 bits per heavy atom. The number of pyridine rings is 1. The molecule has 0 saturated carbocycles. The van der Waals surface area contributed by atoms with E-state index in [0.29, 0.717) is 29.2 Å². The molecule has 0 bridgehead atoms. The van der Waals surface area contributed by atoms with Crippen LogP contribution in [0.5, 0.6) is 5.75 Å². The van der Waals surface area contributed by atoms with Crippen LogP contribution in [0.25, 0.3) is 16.7 Å². The molecule has 4 rings (SSSR count). The summed E-state index contributed by atoms with van der Waals surface area (Å²) in [4.78, 5) is 22.9. The molecule has 6 nitrogen and oxygen atoms in total. The van der Waals surface area contributed by atoms with Gasteiger partial charge in [0.2, 0.25) is 0 Å². The Balaban J connectivity index is 1.93. The van der Waals surface area contributed by atoms with Crippen LogP contribution in [0.3, 0.4) is 0 Å². The van der Waals surface area contributed by atoms with E-state index in [0.717, 1.165) is 28.4 Å². The van der Waals surface area contributed by atoms with Gasteiger partial charge in [0, 0.05) is 12.0 Å². The van der Waals surface area contributed by atoms with Crippen molar-refractivity contribution in [1.29, 1.82) is 0 Å². The van der Waals surface area contributed by atoms with Gasteiger partial charge in [0.05, 0.1) is 36.1 Å². The molecule has 0 amide bonds. The molecule has 2 aromatic heterocycles. The van der Waals surface area contributed by atoms with Crippen molar-refractivity contribution in [2.75, 3.05) is 12.9 Å². The molecule has 3 heterocycles. The van der Waals surface area contributed by atoms with Crippen LogP contribution in [0.15, 0.2) is 40.3 Å². The van der Waals surface area contributed by atoms with Gasteiger partial charge in [0.25, 0.3) is 5.56 Å². The highest BCUT2D eigenvalue weighted by molar-refractivity contribution is 7.99. The fraction of sp³-hybridized carbons (Fsp3) is 0.381. The number of hydrogen-bond acceptors (Lipinski definition) is 6. The van der Waals surface area contributed by atoms with Gasteiger partial charge in [-0.15, -0.1) is 0 Å². The summed E-state index contributed by atoms with van der Waals surface area (Å²) in [6, 6.07) is 9.30. The summed E-state index contributed by atoms with van der Waals surface area (Å²) in [5.41, 5.74) is 2.81. The Kier molecular flexibility index (Phi) is 4.89. The topological polar surface area (TPSA) is 66.2 Å². The van der Waals surface area contributed by atoms with E-state index in [1.165, 1.54) is 11.8 Å². The zero-order chi connectivity index (χ0) is 19.9. The molecule has 1 aliphatic heterocycles. The molecule has 0 radical (unpaired) electrons. The molecule has 0 saturated heterocycles. The average Bonchev–Trinajstić information content (AvgIpc) is 2.67. The Morgan fingerprint density at radius 2 is 2.00 bits per heavy atom. The third kappa shape index (κ3) is 3.40. The van der Waals surface area contributed by atoms with Crippen LogP contribution >= 0.6 is 11.8 Å². The normalized spacial score (nSPS) is 15.4. The third-order valence-corrected chi connectivity index (χ3v) is 5.63. The molecular weight excluding hydrogens is 374 g/mol. The number of methoxy groups -OCH3 is 1. The molecule has 0 fully saturated rings. The van der Waals surface area contributed by atoms with E-state index in [-0.39, 0.29) is 11.2 Å². The molecule has 28 heavy (non-hydrogen) atoms. The van der Waals surface area contributed by atoms with Crippen molar-refractivity contribution >= 4 is 22.8 Å². The van der Waals surface area contributed by atoms with Gasteiger partial charge in [0.15, 0.2) is 10.8 Å². The fourth-order valence-corrected chi connectivity index (χ4v) is 4.09. The number of thioether (sulfide) groups is 1. The van der Waals surface area contributed by atoms with Crippen molar-refractivity contribution in [1.82, 2.24) is 14.5 Å². The van der Waals surface area contributed by atoms with Crippen LogP contribution in [0.2, 0.25) is 0 Å².